The van der Waals surface area contributed by atoms with Crippen molar-refractivity contribution in [1.29, 1.82) is 0 Å². The number of benzene rings is 1. The first kappa shape index (κ1) is 12.9. The van der Waals surface area contributed by atoms with Crippen molar-refractivity contribution < 1.29 is 14.6 Å². The van der Waals surface area contributed by atoms with Crippen molar-refractivity contribution >= 4 is 5.91 Å². The molecule has 18 heavy (non-hydrogen) atoms. The van der Waals surface area contributed by atoms with Crippen LogP contribution in [0, 0.1) is 5.41 Å². The molecule has 1 aromatic rings. The predicted octanol–water partition coefficient (Wildman–Crippen LogP) is 1.94. The number of hydrogen-bond donors (Lipinski definition) is 2. The zero-order chi connectivity index (χ0) is 13.3. The maximum Gasteiger partial charge on any atom is 0.251 e. The van der Waals surface area contributed by atoms with Crippen molar-refractivity contribution in [2.45, 2.75) is 32.4 Å². The number of methoxy groups -OCH3 is 1. The highest BCUT2D eigenvalue weighted by Crippen LogP contribution is 2.42. The summed E-state index contributed by atoms with van der Waals surface area (Å²) in [5.41, 5.74) is 0.424. The third kappa shape index (κ3) is 2.20. The van der Waals surface area contributed by atoms with Crippen molar-refractivity contribution in [2.75, 3.05) is 7.11 Å². The third-order valence-corrected chi connectivity index (χ3v) is 3.88. The summed E-state index contributed by atoms with van der Waals surface area (Å²) in [5.74, 6) is -0.0520. The van der Waals surface area contributed by atoms with Crippen LogP contribution in [0.4, 0.5) is 0 Å². The Labute approximate surface area is 107 Å². The van der Waals surface area contributed by atoms with Gasteiger partial charge in [0.1, 0.15) is 5.75 Å². The number of ether oxygens (including phenoxy) is 1. The maximum atomic E-state index is 12.0. The quantitative estimate of drug-likeness (QED) is 0.860. The number of carbonyl (C=O) groups is 1. The minimum atomic E-state index is -0.154. The van der Waals surface area contributed by atoms with Crippen molar-refractivity contribution in [3.8, 4) is 5.75 Å². The maximum absolute atomic E-state index is 12.0. The van der Waals surface area contributed by atoms with Crippen LogP contribution in [0.2, 0.25) is 0 Å². The first-order valence-electron chi connectivity index (χ1n) is 6.08. The van der Waals surface area contributed by atoms with E-state index < -0.39 is 0 Å². The second kappa shape index (κ2) is 4.61. The fourth-order valence-electron chi connectivity index (χ4n) is 2.42. The van der Waals surface area contributed by atoms with Crippen LogP contribution in [0.25, 0.3) is 0 Å². The molecule has 0 saturated heterocycles. The molecule has 4 heteroatoms. The Kier molecular flexibility index (Phi) is 3.30. The summed E-state index contributed by atoms with van der Waals surface area (Å²) < 4.78 is 5.35. The van der Waals surface area contributed by atoms with Crippen LogP contribution in [0.5, 0.6) is 5.75 Å². The minimum Gasteiger partial charge on any atom is -0.508 e. The standard InChI is InChI=1S/C14H19NO3/c1-14(2)11(8-12(14)18-3)15-13(17)9-5-4-6-10(16)7-9/h4-7,11-12,16H,8H2,1-3H3,(H,15,17). The van der Waals surface area contributed by atoms with Gasteiger partial charge in [0.2, 0.25) is 0 Å². The smallest absolute Gasteiger partial charge is 0.251 e. The first-order valence-corrected chi connectivity index (χ1v) is 6.08. The molecule has 0 bridgehead atoms. The summed E-state index contributed by atoms with van der Waals surface area (Å²) in [6, 6.07) is 6.47. The van der Waals surface area contributed by atoms with Gasteiger partial charge in [0.25, 0.3) is 5.91 Å². The number of phenols is 1. The van der Waals surface area contributed by atoms with Gasteiger partial charge in [-0.25, -0.2) is 0 Å². The zero-order valence-corrected chi connectivity index (χ0v) is 10.9. The Morgan fingerprint density at radius 1 is 1.50 bits per heavy atom. The molecule has 1 aromatic carbocycles. The molecule has 2 N–H and O–H groups in total. The SMILES string of the molecule is COC1CC(NC(=O)c2cccc(O)c2)C1(C)C. The van der Waals surface area contributed by atoms with Crippen molar-refractivity contribution in [2.24, 2.45) is 5.41 Å². The third-order valence-electron chi connectivity index (χ3n) is 3.88. The summed E-state index contributed by atoms with van der Waals surface area (Å²) in [5, 5.41) is 12.3. The highest BCUT2D eigenvalue weighted by Gasteiger charge is 2.49. The van der Waals surface area contributed by atoms with E-state index >= 15 is 0 Å². The average molecular weight is 249 g/mol. The number of hydrogen-bond acceptors (Lipinski definition) is 3. The van der Waals surface area contributed by atoms with Gasteiger partial charge in [-0.05, 0) is 24.6 Å². The van der Waals surface area contributed by atoms with Crippen LogP contribution >= 0.6 is 0 Å². The number of nitrogens with one attached hydrogen (secondary N) is 1. The molecule has 1 saturated carbocycles. The highest BCUT2D eigenvalue weighted by molar-refractivity contribution is 5.94. The number of aromatic hydroxyl groups is 1. The van der Waals surface area contributed by atoms with Crippen molar-refractivity contribution in [1.82, 2.24) is 5.32 Å². The molecule has 2 atom stereocenters. The lowest BCUT2D eigenvalue weighted by Crippen LogP contribution is -2.61. The molecule has 2 unspecified atom stereocenters. The van der Waals surface area contributed by atoms with E-state index in [1.54, 1.807) is 25.3 Å². The molecule has 98 valence electrons. The minimum absolute atomic E-state index is 0.0543. The normalized spacial score (nSPS) is 25.3. The van der Waals surface area contributed by atoms with E-state index in [1.165, 1.54) is 6.07 Å². The average Bonchev–Trinajstić information content (AvgIpc) is 2.33. The first-order chi connectivity index (χ1) is 8.45. The lowest BCUT2D eigenvalue weighted by molar-refractivity contribution is -0.0942. The van der Waals surface area contributed by atoms with Crippen LogP contribution in [0.3, 0.4) is 0 Å². The molecule has 2 rings (SSSR count). The molecule has 1 amide bonds. The monoisotopic (exact) mass is 249 g/mol. The van der Waals surface area contributed by atoms with Gasteiger partial charge in [-0.1, -0.05) is 19.9 Å². The van der Waals surface area contributed by atoms with Gasteiger partial charge < -0.3 is 15.2 Å². The molecule has 1 aliphatic rings. The van der Waals surface area contributed by atoms with Crippen molar-refractivity contribution in [3.63, 3.8) is 0 Å². The van der Waals surface area contributed by atoms with Crippen LogP contribution in [0.1, 0.15) is 30.6 Å². The molecule has 0 spiro atoms. The van der Waals surface area contributed by atoms with E-state index in [-0.39, 0.29) is 29.2 Å². The highest BCUT2D eigenvalue weighted by atomic mass is 16.5. The molecule has 0 heterocycles. The molecule has 0 aliphatic heterocycles. The van der Waals surface area contributed by atoms with Gasteiger partial charge >= 0.3 is 0 Å². The largest absolute Gasteiger partial charge is 0.508 e. The Balaban J connectivity index is 2.01. The Bertz CT molecular complexity index is 456. The molecule has 0 aromatic heterocycles. The number of phenolic OH excluding ortho intramolecular Hbond substituents is 1. The Morgan fingerprint density at radius 2 is 2.22 bits per heavy atom. The Hall–Kier alpha value is -1.55. The zero-order valence-electron chi connectivity index (χ0n) is 10.9. The van der Waals surface area contributed by atoms with Gasteiger partial charge in [0, 0.05) is 24.1 Å². The van der Waals surface area contributed by atoms with Gasteiger partial charge in [0.05, 0.1) is 6.10 Å². The fourth-order valence-corrected chi connectivity index (χ4v) is 2.42. The Morgan fingerprint density at radius 3 is 2.78 bits per heavy atom. The van der Waals surface area contributed by atoms with Gasteiger partial charge in [-0.15, -0.1) is 0 Å². The summed E-state index contributed by atoms with van der Waals surface area (Å²) >= 11 is 0. The molecule has 4 nitrogen and oxygen atoms in total. The van der Waals surface area contributed by atoms with E-state index in [0.29, 0.717) is 5.56 Å². The van der Waals surface area contributed by atoms with E-state index in [0.717, 1.165) is 6.42 Å². The predicted molar refractivity (Wildman–Crippen MR) is 68.6 cm³/mol. The molecule has 1 fully saturated rings. The molecule has 1 aliphatic carbocycles. The number of rotatable bonds is 3. The van der Waals surface area contributed by atoms with Crippen LogP contribution < -0.4 is 5.32 Å². The molecular weight excluding hydrogens is 230 g/mol. The van der Waals surface area contributed by atoms with Gasteiger partial charge in [-0.3, -0.25) is 4.79 Å². The fraction of sp³-hybridized carbons (Fsp3) is 0.500. The van der Waals surface area contributed by atoms with E-state index in [4.69, 9.17) is 4.74 Å². The van der Waals surface area contributed by atoms with Gasteiger partial charge in [0.15, 0.2) is 0 Å². The molecule has 0 radical (unpaired) electrons. The summed E-state index contributed by atoms with van der Waals surface area (Å²) in [4.78, 5) is 12.0. The topological polar surface area (TPSA) is 58.6 Å². The summed E-state index contributed by atoms with van der Waals surface area (Å²) in [7, 11) is 1.69. The second-order valence-corrected chi connectivity index (χ2v) is 5.36. The van der Waals surface area contributed by atoms with E-state index in [2.05, 4.69) is 19.2 Å². The van der Waals surface area contributed by atoms with Crippen LogP contribution in [0.15, 0.2) is 24.3 Å². The van der Waals surface area contributed by atoms with Crippen LogP contribution in [-0.2, 0) is 4.74 Å². The summed E-state index contributed by atoms with van der Waals surface area (Å²) in [6.45, 7) is 4.16. The number of carbonyl (C=O) groups excluding carboxylic acids is 1. The van der Waals surface area contributed by atoms with Crippen molar-refractivity contribution in [3.05, 3.63) is 29.8 Å². The van der Waals surface area contributed by atoms with E-state index in [9.17, 15) is 9.90 Å². The second-order valence-electron chi connectivity index (χ2n) is 5.36. The lowest BCUT2D eigenvalue weighted by atomic mass is 9.64. The lowest BCUT2D eigenvalue weighted by Gasteiger charge is -2.51. The number of amides is 1. The van der Waals surface area contributed by atoms with E-state index in [1.807, 2.05) is 0 Å². The molecular formula is C14H19NO3. The van der Waals surface area contributed by atoms with Crippen LogP contribution in [-0.4, -0.2) is 30.3 Å². The summed E-state index contributed by atoms with van der Waals surface area (Å²) in [6.07, 6.45) is 1.01. The van der Waals surface area contributed by atoms with Gasteiger partial charge in [-0.2, -0.15) is 0 Å².